The first kappa shape index (κ1) is 19.2. The zero-order valence-corrected chi connectivity index (χ0v) is 21.4. The largest absolute Gasteiger partial charge is 0.310 e. The van der Waals surface area contributed by atoms with E-state index in [-0.39, 0.29) is 13.4 Å². The molecule has 0 aromatic heterocycles. The summed E-state index contributed by atoms with van der Waals surface area (Å²) in [6.07, 6.45) is 0. The van der Waals surface area contributed by atoms with Crippen molar-refractivity contribution in [2.45, 2.75) is 29.4 Å². The predicted molar refractivity (Wildman–Crippen MR) is 156 cm³/mol. The van der Waals surface area contributed by atoms with Crippen molar-refractivity contribution < 1.29 is 0 Å². The molecule has 0 atom stereocenters. The molecule has 0 N–H and O–H groups in total. The summed E-state index contributed by atoms with van der Waals surface area (Å²) in [7, 11) is 0. The molecule has 0 bridgehead atoms. The lowest BCUT2D eigenvalue weighted by atomic mass is 9.30. The molecule has 0 amide bonds. The normalized spacial score (nSPS) is 15.8. The molecule has 36 heavy (non-hydrogen) atoms. The first-order chi connectivity index (χ1) is 17.9. The Labute approximate surface area is 222 Å². The van der Waals surface area contributed by atoms with Crippen LogP contribution in [0.1, 0.15) is 0 Å². The number of para-hydroxylation sites is 2. The minimum Gasteiger partial charge on any atom is -0.310 e. The van der Waals surface area contributed by atoms with Gasteiger partial charge >= 0.3 is 0 Å². The van der Waals surface area contributed by atoms with E-state index in [1.54, 1.807) is 0 Å². The molecule has 0 saturated carbocycles. The second-order valence-electron chi connectivity index (χ2n) is 10.0. The van der Waals surface area contributed by atoms with Crippen molar-refractivity contribution >= 4 is 98.6 Å². The van der Waals surface area contributed by atoms with Crippen LogP contribution < -0.4 is 37.7 Å². The molecule has 1 nitrogen and oxygen atoms in total. The maximum Gasteiger partial charge on any atom is 0.249 e. The molecule has 0 radical (unpaired) electrons. The van der Waals surface area contributed by atoms with Gasteiger partial charge in [0, 0.05) is 35.1 Å². The summed E-state index contributed by atoms with van der Waals surface area (Å²) in [5, 5.41) is 0. The lowest BCUT2D eigenvalue weighted by molar-refractivity contribution is 1.16. The quantitative estimate of drug-likeness (QED) is 0.283. The van der Waals surface area contributed by atoms with Gasteiger partial charge in [-0.3, -0.25) is 0 Å². The highest BCUT2D eigenvalue weighted by atomic mass is 32.2. The summed E-state index contributed by atoms with van der Waals surface area (Å²) in [5.41, 5.74) is 13.1. The maximum absolute atomic E-state index is 2.67. The van der Waals surface area contributed by atoms with Crippen molar-refractivity contribution in [3.63, 3.8) is 0 Å². The van der Waals surface area contributed by atoms with E-state index in [0.717, 1.165) is 0 Å². The Bertz CT molecular complexity index is 1740. The Morgan fingerprint density at radius 3 is 1.42 bits per heavy atom. The zero-order chi connectivity index (χ0) is 23.1. The average Bonchev–Trinajstić information content (AvgIpc) is 2.92. The highest BCUT2D eigenvalue weighted by molar-refractivity contribution is 8.01. The summed E-state index contributed by atoms with van der Waals surface area (Å²) in [4.78, 5) is 11.1. The number of rotatable bonds is 0. The highest BCUT2D eigenvalue weighted by Crippen LogP contribution is 2.54. The summed E-state index contributed by atoms with van der Waals surface area (Å²) in [5.74, 6) is 0. The Kier molecular flexibility index (Phi) is 3.47. The summed E-state index contributed by atoms with van der Waals surface area (Å²) < 4.78 is 0. The molecular weight excluding hydrogens is 492 g/mol. The molecule has 10 rings (SSSR count). The summed E-state index contributed by atoms with van der Waals surface area (Å²) >= 11 is 5.87. The molecule has 0 spiro atoms. The van der Waals surface area contributed by atoms with Crippen molar-refractivity contribution in [1.29, 1.82) is 0 Å². The third kappa shape index (κ3) is 2.12. The molecule has 5 aliphatic rings. The topological polar surface area (TPSA) is 3.24 Å². The lowest BCUT2D eigenvalue weighted by Crippen LogP contribution is -2.67. The van der Waals surface area contributed by atoms with Crippen LogP contribution in [0.2, 0.25) is 0 Å². The van der Waals surface area contributed by atoms with Crippen molar-refractivity contribution in [3.05, 3.63) is 91.0 Å². The van der Waals surface area contributed by atoms with Gasteiger partial charge in [-0.2, -0.15) is 0 Å². The van der Waals surface area contributed by atoms with E-state index in [4.69, 9.17) is 0 Å². The van der Waals surface area contributed by atoms with Gasteiger partial charge in [0.2, 0.25) is 13.4 Å². The van der Waals surface area contributed by atoms with E-state index >= 15 is 0 Å². The van der Waals surface area contributed by atoms with E-state index in [0.29, 0.717) is 0 Å². The smallest absolute Gasteiger partial charge is 0.249 e. The fourth-order valence-corrected chi connectivity index (χ4v) is 10.7. The van der Waals surface area contributed by atoms with Crippen molar-refractivity contribution in [3.8, 4) is 0 Å². The molecule has 5 heterocycles. The molecule has 0 fully saturated rings. The zero-order valence-electron chi connectivity index (χ0n) is 19.0. The Morgan fingerprint density at radius 1 is 0.417 bits per heavy atom. The van der Waals surface area contributed by atoms with Gasteiger partial charge in [0.25, 0.3) is 0 Å². The molecule has 5 aromatic carbocycles. The molecule has 0 aliphatic carbocycles. The van der Waals surface area contributed by atoms with Crippen LogP contribution >= 0.6 is 35.3 Å². The highest BCUT2D eigenvalue weighted by Gasteiger charge is 2.51. The second-order valence-corrected chi connectivity index (χ2v) is 13.3. The van der Waals surface area contributed by atoms with Crippen LogP contribution in [0, 0.1) is 0 Å². The van der Waals surface area contributed by atoms with Crippen LogP contribution in [0.15, 0.2) is 120 Å². The van der Waals surface area contributed by atoms with Crippen molar-refractivity contribution in [2.75, 3.05) is 4.90 Å². The molecule has 5 aromatic rings. The molecule has 0 saturated heterocycles. The monoisotopic (exact) mass is 507 g/mol. The van der Waals surface area contributed by atoms with Crippen LogP contribution in [-0.4, -0.2) is 13.4 Å². The number of fused-ring (bicyclic) bond motifs is 6. The number of hydrogen-bond donors (Lipinski definition) is 0. The minimum absolute atomic E-state index is 0.277. The van der Waals surface area contributed by atoms with Crippen LogP contribution in [-0.2, 0) is 0 Å². The van der Waals surface area contributed by atoms with E-state index in [9.17, 15) is 0 Å². The summed E-state index contributed by atoms with van der Waals surface area (Å²) in [6.45, 7) is 0.554. The minimum atomic E-state index is 0.277. The van der Waals surface area contributed by atoms with Gasteiger partial charge in [0.05, 0.1) is 11.4 Å². The van der Waals surface area contributed by atoms with Crippen LogP contribution in [0.4, 0.5) is 17.1 Å². The molecule has 0 unspecified atom stereocenters. The van der Waals surface area contributed by atoms with Crippen LogP contribution in [0.3, 0.4) is 0 Å². The lowest BCUT2D eigenvalue weighted by Gasteiger charge is -2.49. The molecule has 6 heteroatoms. The van der Waals surface area contributed by atoms with Crippen molar-refractivity contribution in [2.24, 2.45) is 0 Å². The molecule has 5 aliphatic heterocycles. The van der Waals surface area contributed by atoms with Gasteiger partial charge in [-0.1, -0.05) is 107 Å². The summed E-state index contributed by atoms with van der Waals surface area (Å²) in [6, 6.07) is 34.6. The second kappa shape index (κ2) is 6.49. The Morgan fingerprint density at radius 2 is 0.861 bits per heavy atom. The number of hydrogen-bond acceptors (Lipinski definition) is 4. The standard InChI is InChI=1S/C30H15B2NS3/c1-3-11-20-16(7-1)31-18-9-5-13-22-28(18)33-29-19(10-6-14-23(29)36-22)32-17-8-2-4-12-21(17)35-25-15-24(34-20)26(31)30(33)27(25)32/h1-15H. The number of benzene rings is 5. The Hall–Kier alpha value is -2.92. The van der Waals surface area contributed by atoms with Crippen LogP contribution in [0.25, 0.3) is 0 Å². The van der Waals surface area contributed by atoms with Gasteiger partial charge in [0.15, 0.2) is 0 Å². The van der Waals surface area contributed by atoms with E-state index < -0.39 is 0 Å². The SMILES string of the molecule is c1ccc2c(c1)Sc1cc3c4c5c1B2c1cccc2c1N5c1c(cccc1B4c1ccccc1S3)S2. The van der Waals surface area contributed by atoms with Gasteiger partial charge in [0.1, 0.15) is 0 Å². The van der Waals surface area contributed by atoms with E-state index in [2.05, 4.69) is 95.9 Å². The van der Waals surface area contributed by atoms with Crippen molar-refractivity contribution in [1.82, 2.24) is 0 Å². The van der Waals surface area contributed by atoms with Gasteiger partial charge in [-0.05, 0) is 52.2 Å². The maximum atomic E-state index is 2.67. The fourth-order valence-electron chi connectivity index (χ4n) is 7.08. The van der Waals surface area contributed by atoms with Gasteiger partial charge in [-0.25, -0.2) is 0 Å². The molecule has 164 valence electrons. The fraction of sp³-hybridized carbons (Fsp3) is 0. The third-order valence-corrected chi connectivity index (χ3v) is 11.8. The first-order valence-corrected chi connectivity index (χ1v) is 14.8. The Balaban J connectivity index is 1.42. The molecular formula is C30H15B2NS3. The number of nitrogens with zero attached hydrogens (tertiary/aromatic N) is 1. The third-order valence-electron chi connectivity index (χ3n) is 8.35. The van der Waals surface area contributed by atoms with Gasteiger partial charge < -0.3 is 4.90 Å². The van der Waals surface area contributed by atoms with E-state index in [1.807, 2.05) is 35.3 Å². The van der Waals surface area contributed by atoms with E-state index in [1.165, 1.54) is 79.2 Å². The van der Waals surface area contributed by atoms with Gasteiger partial charge in [-0.15, -0.1) is 0 Å². The first-order valence-electron chi connectivity index (χ1n) is 12.3. The average molecular weight is 507 g/mol. The van der Waals surface area contributed by atoms with Crippen LogP contribution in [0.5, 0.6) is 0 Å². The number of anilines is 3. The predicted octanol–water partition coefficient (Wildman–Crippen LogP) is 4.21.